The predicted octanol–water partition coefficient (Wildman–Crippen LogP) is 2.68. The highest BCUT2D eigenvalue weighted by molar-refractivity contribution is 5.27. The Morgan fingerprint density at radius 2 is 2.28 bits per heavy atom. The van der Waals surface area contributed by atoms with E-state index in [0.717, 1.165) is 37.2 Å². The van der Waals surface area contributed by atoms with Crippen LogP contribution in [0.3, 0.4) is 0 Å². The van der Waals surface area contributed by atoms with Crippen molar-refractivity contribution in [3.05, 3.63) is 35.1 Å². The van der Waals surface area contributed by atoms with Crippen LogP contribution in [0, 0.1) is 24.6 Å². The molecule has 0 aliphatic carbocycles. The number of hydrogen-bond donors (Lipinski definition) is 1. The Morgan fingerprint density at radius 1 is 1.50 bits per heavy atom. The number of rotatable bonds is 3. The van der Waals surface area contributed by atoms with E-state index < -0.39 is 0 Å². The first-order valence-corrected chi connectivity index (χ1v) is 6.66. The predicted molar refractivity (Wildman–Crippen MR) is 70.9 cm³/mol. The van der Waals surface area contributed by atoms with Gasteiger partial charge in [0.05, 0.1) is 0 Å². The molecule has 1 saturated heterocycles. The summed E-state index contributed by atoms with van der Waals surface area (Å²) >= 11 is 0. The van der Waals surface area contributed by atoms with Crippen LogP contribution in [0.1, 0.15) is 24.5 Å². The van der Waals surface area contributed by atoms with E-state index in [1.807, 2.05) is 13.0 Å². The van der Waals surface area contributed by atoms with Gasteiger partial charge in [-0.05, 0) is 54.9 Å². The molecular formula is C15H22FNO. The van der Waals surface area contributed by atoms with Crippen LogP contribution < -0.4 is 5.73 Å². The maximum absolute atomic E-state index is 13.3. The summed E-state index contributed by atoms with van der Waals surface area (Å²) < 4.78 is 18.7. The molecule has 2 rings (SSSR count). The molecule has 0 spiro atoms. The molecular weight excluding hydrogens is 229 g/mol. The van der Waals surface area contributed by atoms with Crippen molar-refractivity contribution in [2.24, 2.45) is 17.6 Å². The van der Waals surface area contributed by atoms with Gasteiger partial charge >= 0.3 is 0 Å². The zero-order valence-corrected chi connectivity index (χ0v) is 11.2. The van der Waals surface area contributed by atoms with Crippen molar-refractivity contribution in [3.8, 4) is 0 Å². The van der Waals surface area contributed by atoms with E-state index in [1.54, 1.807) is 6.07 Å². The summed E-state index contributed by atoms with van der Waals surface area (Å²) in [6.45, 7) is 5.78. The highest BCUT2D eigenvalue weighted by Crippen LogP contribution is 2.26. The van der Waals surface area contributed by atoms with Gasteiger partial charge in [0.2, 0.25) is 0 Å². The second-order valence-electron chi connectivity index (χ2n) is 5.44. The van der Waals surface area contributed by atoms with E-state index in [0.29, 0.717) is 11.8 Å². The van der Waals surface area contributed by atoms with E-state index in [9.17, 15) is 4.39 Å². The zero-order chi connectivity index (χ0) is 13.1. The van der Waals surface area contributed by atoms with Crippen molar-refractivity contribution in [1.29, 1.82) is 0 Å². The van der Waals surface area contributed by atoms with E-state index in [2.05, 4.69) is 6.92 Å². The average Bonchev–Trinajstić information content (AvgIpc) is 2.34. The zero-order valence-electron chi connectivity index (χ0n) is 11.2. The molecule has 1 aromatic carbocycles. The Kier molecular flexibility index (Phi) is 4.36. The van der Waals surface area contributed by atoms with Crippen LogP contribution in [0.15, 0.2) is 18.2 Å². The van der Waals surface area contributed by atoms with Crippen LogP contribution in [0.5, 0.6) is 0 Å². The van der Waals surface area contributed by atoms with Crippen molar-refractivity contribution >= 4 is 0 Å². The maximum atomic E-state index is 13.3. The number of benzene rings is 1. The SMILES string of the molecule is Cc1ccc(F)cc1CC(N)C1CCOCC1C. The van der Waals surface area contributed by atoms with Gasteiger partial charge in [-0.1, -0.05) is 13.0 Å². The summed E-state index contributed by atoms with van der Waals surface area (Å²) in [6.07, 6.45) is 1.76. The topological polar surface area (TPSA) is 35.2 Å². The molecule has 2 nitrogen and oxygen atoms in total. The van der Waals surface area contributed by atoms with E-state index in [-0.39, 0.29) is 11.9 Å². The van der Waals surface area contributed by atoms with E-state index in [1.165, 1.54) is 6.07 Å². The molecule has 3 heteroatoms. The quantitative estimate of drug-likeness (QED) is 0.896. The van der Waals surface area contributed by atoms with Crippen molar-refractivity contribution in [3.63, 3.8) is 0 Å². The summed E-state index contributed by atoms with van der Waals surface area (Å²) in [6, 6.07) is 5.02. The molecule has 18 heavy (non-hydrogen) atoms. The molecule has 0 bridgehead atoms. The lowest BCUT2D eigenvalue weighted by molar-refractivity contribution is 0.0157. The number of nitrogens with two attached hydrogens (primary N) is 1. The van der Waals surface area contributed by atoms with Gasteiger partial charge < -0.3 is 10.5 Å². The van der Waals surface area contributed by atoms with Crippen LogP contribution in [0.25, 0.3) is 0 Å². The van der Waals surface area contributed by atoms with Crippen molar-refractivity contribution in [2.75, 3.05) is 13.2 Å². The fraction of sp³-hybridized carbons (Fsp3) is 0.600. The van der Waals surface area contributed by atoms with Gasteiger partial charge in [0.25, 0.3) is 0 Å². The lowest BCUT2D eigenvalue weighted by atomic mass is 9.81. The molecule has 0 saturated carbocycles. The molecule has 3 atom stereocenters. The Hall–Kier alpha value is -0.930. The summed E-state index contributed by atoms with van der Waals surface area (Å²) in [5, 5.41) is 0. The minimum absolute atomic E-state index is 0.0874. The minimum Gasteiger partial charge on any atom is -0.381 e. The molecule has 0 amide bonds. The fourth-order valence-corrected chi connectivity index (χ4v) is 2.80. The number of ether oxygens (including phenoxy) is 1. The van der Waals surface area contributed by atoms with Gasteiger partial charge in [0, 0.05) is 19.3 Å². The maximum Gasteiger partial charge on any atom is 0.123 e. The number of hydrogen-bond acceptors (Lipinski definition) is 2. The Bertz CT molecular complexity index is 407. The van der Waals surface area contributed by atoms with Crippen LogP contribution in [-0.4, -0.2) is 19.3 Å². The summed E-state index contributed by atoms with van der Waals surface area (Å²) in [4.78, 5) is 0. The van der Waals surface area contributed by atoms with Crippen LogP contribution >= 0.6 is 0 Å². The third-order valence-corrected chi connectivity index (χ3v) is 4.02. The molecule has 3 unspecified atom stereocenters. The summed E-state index contributed by atoms with van der Waals surface area (Å²) in [5.41, 5.74) is 8.46. The van der Waals surface area contributed by atoms with E-state index in [4.69, 9.17) is 10.5 Å². The Morgan fingerprint density at radius 3 is 3.00 bits per heavy atom. The molecule has 0 radical (unpaired) electrons. The summed E-state index contributed by atoms with van der Waals surface area (Å²) in [5.74, 6) is 0.784. The minimum atomic E-state index is -0.178. The van der Waals surface area contributed by atoms with E-state index >= 15 is 0 Å². The van der Waals surface area contributed by atoms with Gasteiger partial charge in [-0.2, -0.15) is 0 Å². The molecule has 1 aliphatic rings. The van der Waals surface area contributed by atoms with Gasteiger partial charge in [-0.3, -0.25) is 0 Å². The lowest BCUT2D eigenvalue weighted by Crippen LogP contribution is -2.41. The highest BCUT2D eigenvalue weighted by atomic mass is 19.1. The van der Waals surface area contributed by atoms with Crippen LogP contribution in [0.2, 0.25) is 0 Å². The molecule has 0 aromatic heterocycles. The second kappa shape index (κ2) is 5.81. The molecule has 100 valence electrons. The molecule has 1 aromatic rings. The summed E-state index contributed by atoms with van der Waals surface area (Å²) in [7, 11) is 0. The first-order chi connectivity index (χ1) is 8.58. The Balaban J connectivity index is 2.05. The molecule has 1 fully saturated rings. The van der Waals surface area contributed by atoms with Crippen molar-refractivity contribution in [2.45, 2.75) is 32.7 Å². The normalized spacial score (nSPS) is 26.0. The number of halogens is 1. The third kappa shape index (κ3) is 3.09. The van der Waals surface area contributed by atoms with Crippen molar-refractivity contribution < 1.29 is 9.13 Å². The average molecular weight is 251 g/mol. The van der Waals surface area contributed by atoms with Crippen molar-refractivity contribution in [1.82, 2.24) is 0 Å². The second-order valence-corrected chi connectivity index (χ2v) is 5.44. The first-order valence-electron chi connectivity index (χ1n) is 6.66. The van der Waals surface area contributed by atoms with Gasteiger partial charge in [-0.15, -0.1) is 0 Å². The van der Waals surface area contributed by atoms with Crippen LogP contribution in [-0.2, 0) is 11.2 Å². The fourth-order valence-electron chi connectivity index (χ4n) is 2.80. The lowest BCUT2D eigenvalue weighted by Gasteiger charge is -2.33. The largest absolute Gasteiger partial charge is 0.381 e. The van der Waals surface area contributed by atoms with Crippen LogP contribution in [0.4, 0.5) is 4.39 Å². The Labute approximate surface area is 108 Å². The number of aryl methyl sites for hydroxylation is 1. The van der Waals surface area contributed by atoms with Gasteiger partial charge in [-0.25, -0.2) is 4.39 Å². The smallest absolute Gasteiger partial charge is 0.123 e. The monoisotopic (exact) mass is 251 g/mol. The standard InChI is InChI=1S/C15H22FNO/c1-10-3-4-13(16)7-12(10)8-15(17)14-5-6-18-9-11(14)2/h3-4,7,11,14-15H,5-6,8-9,17H2,1-2H3. The van der Waals surface area contributed by atoms with Gasteiger partial charge in [0.15, 0.2) is 0 Å². The van der Waals surface area contributed by atoms with Gasteiger partial charge in [0.1, 0.15) is 5.82 Å². The molecule has 1 heterocycles. The first kappa shape index (κ1) is 13.5. The molecule has 1 aliphatic heterocycles. The third-order valence-electron chi connectivity index (χ3n) is 4.02. The highest BCUT2D eigenvalue weighted by Gasteiger charge is 2.27. The molecule has 2 N–H and O–H groups in total.